The van der Waals surface area contributed by atoms with Gasteiger partial charge < -0.3 is 20.3 Å². The maximum atomic E-state index is 12.6. The third kappa shape index (κ3) is 65.5. The van der Waals surface area contributed by atoms with Crippen LogP contribution in [0.2, 0.25) is 0 Å². The van der Waals surface area contributed by atoms with Crippen LogP contribution in [-0.2, 0) is 14.3 Å². The molecule has 0 aromatic carbocycles. The maximum absolute atomic E-state index is 12.6. The van der Waals surface area contributed by atoms with E-state index >= 15 is 0 Å². The molecule has 0 aliphatic carbocycles. The molecule has 0 radical (unpaired) electrons. The first kappa shape index (κ1) is 78.3. The Kier molecular flexibility index (Phi) is 68.4. The lowest BCUT2D eigenvalue weighted by Gasteiger charge is -2.22. The number of hydrogen-bond acceptors (Lipinski definition) is 5. The molecule has 0 aliphatic heterocycles. The molecule has 0 fully saturated rings. The summed E-state index contributed by atoms with van der Waals surface area (Å²) >= 11 is 0. The van der Waals surface area contributed by atoms with E-state index in [4.69, 9.17) is 4.74 Å². The second-order valence-electron chi connectivity index (χ2n) is 25.3. The van der Waals surface area contributed by atoms with E-state index < -0.39 is 12.1 Å². The third-order valence-electron chi connectivity index (χ3n) is 17.2. The fraction of sp³-hybridized carbons (Fsp3) is 0.919. The Morgan fingerprint density at radius 3 is 0.900 bits per heavy atom. The molecule has 0 heterocycles. The molecule has 0 aliphatic rings. The molecule has 0 bridgehead atoms. The van der Waals surface area contributed by atoms with E-state index in [-0.39, 0.29) is 18.5 Å². The molecule has 0 spiro atoms. The number of hydrogen-bond donors (Lipinski definition) is 3. The van der Waals surface area contributed by atoms with Gasteiger partial charge in [0.05, 0.1) is 25.4 Å². The van der Waals surface area contributed by atoms with E-state index in [2.05, 4.69) is 43.5 Å². The van der Waals surface area contributed by atoms with Gasteiger partial charge in [0.2, 0.25) is 5.91 Å². The first-order valence-electron chi connectivity index (χ1n) is 36.6. The number of allylic oxidation sites excluding steroid dienone is 4. The van der Waals surface area contributed by atoms with Crippen LogP contribution >= 0.6 is 0 Å². The quantitative estimate of drug-likeness (QED) is 0.0320. The largest absolute Gasteiger partial charge is 0.466 e. The Bertz CT molecular complexity index is 1250. The predicted octanol–water partition coefficient (Wildman–Crippen LogP) is 23.7. The lowest BCUT2D eigenvalue weighted by molar-refractivity contribution is -0.143. The summed E-state index contributed by atoms with van der Waals surface area (Å²) in [6.07, 6.45) is 88.1. The van der Waals surface area contributed by atoms with Crippen molar-refractivity contribution in [3.63, 3.8) is 0 Å². The van der Waals surface area contributed by atoms with Gasteiger partial charge in [-0.05, 0) is 77.0 Å². The Balaban J connectivity index is 3.38. The number of aliphatic hydroxyl groups is 2. The molecule has 2 unspecified atom stereocenters. The van der Waals surface area contributed by atoms with Crippen LogP contribution in [0.5, 0.6) is 0 Å². The SMILES string of the molecule is CCCCCC/C=C\CCCCCCCC(=O)OCCCCCCCCCCCCCC/C=C\CCCCCCCCCCCCCCC(=O)NC(CO)C(O)CCCCCCCCCCCCCCCCCCCCCCCC. The summed E-state index contributed by atoms with van der Waals surface area (Å²) in [6, 6.07) is -0.542. The van der Waals surface area contributed by atoms with Crippen LogP contribution in [-0.4, -0.2) is 47.4 Å². The van der Waals surface area contributed by atoms with E-state index in [1.807, 2.05) is 0 Å². The zero-order valence-corrected chi connectivity index (χ0v) is 54.3. The van der Waals surface area contributed by atoms with Crippen molar-refractivity contribution >= 4 is 11.9 Å². The molecule has 0 saturated carbocycles. The smallest absolute Gasteiger partial charge is 0.305 e. The summed E-state index contributed by atoms with van der Waals surface area (Å²) in [7, 11) is 0. The molecular formula is C74H143NO5. The van der Waals surface area contributed by atoms with Crippen LogP contribution in [0.15, 0.2) is 24.3 Å². The average Bonchev–Trinajstić information content (AvgIpc) is 3.46. The summed E-state index contributed by atoms with van der Waals surface area (Å²) < 4.78 is 5.48. The molecular weight excluding hydrogens is 983 g/mol. The highest BCUT2D eigenvalue weighted by molar-refractivity contribution is 5.76. The number of amides is 1. The lowest BCUT2D eigenvalue weighted by atomic mass is 10.0. The second-order valence-corrected chi connectivity index (χ2v) is 25.3. The molecule has 6 nitrogen and oxygen atoms in total. The van der Waals surface area contributed by atoms with Gasteiger partial charge in [0.1, 0.15) is 0 Å². The summed E-state index contributed by atoms with van der Waals surface area (Å²) in [5, 5.41) is 23.4. The van der Waals surface area contributed by atoms with Gasteiger partial charge in [0.25, 0.3) is 0 Å². The van der Waals surface area contributed by atoms with Crippen molar-refractivity contribution in [2.45, 2.75) is 424 Å². The van der Waals surface area contributed by atoms with Crippen molar-refractivity contribution in [3.05, 3.63) is 24.3 Å². The van der Waals surface area contributed by atoms with Crippen molar-refractivity contribution in [3.8, 4) is 0 Å². The summed E-state index contributed by atoms with van der Waals surface area (Å²) in [4.78, 5) is 24.6. The predicted molar refractivity (Wildman–Crippen MR) is 352 cm³/mol. The molecule has 0 aromatic rings. The number of carbonyl (C=O) groups is 2. The van der Waals surface area contributed by atoms with Gasteiger partial charge in [-0.15, -0.1) is 0 Å². The first-order chi connectivity index (χ1) is 39.5. The molecule has 2 atom stereocenters. The monoisotopic (exact) mass is 1130 g/mol. The molecule has 80 heavy (non-hydrogen) atoms. The number of esters is 1. The Morgan fingerprint density at radius 2 is 0.588 bits per heavy atom. The molecule has 0 rings (SSSR count). The summed E-state index contributed by atoms with van der Waals surface area (Å²) in [5.41, 5.74) is 0. The highest BCUT2D eigenvalue weighted by Crippen LogP contribution is 2.19. The average molecular weight is 1130 g/mol. The van der Waals surface area contributed by atoms with Crippen LogP contribution in [0.1, 0.15) is 412 Å². The highest BCUT2D eigenvalue weighted by Gasteiger charge is 2.20. The van der Waals surface area contributed by atoms with Gasteiger partial charge in [0, 0.05) is 12.8 Å². The standard InChI is InChI=1S/C74H143NO5/c1-3-5-7-9-11-13-15-17-18-19-20-21-30-33-36-39-43-46-50-54-58-62-66-72(77)71(70-76)75-73(78)67-63-59-55-51-47-44-40-37-34-31-28-26-24-22-23-25-27-29-32-35-38-41-45-49-53-57-61-65-69-80-74(79)68-64-60-56-52-48-42-16-14-12-10-8-6-4-2/h14,16,22-23,71-72,76-77H,3-13,15,17-21,24-70H2,1-2H3,(H,75,78)/b16-14-,23-22-. The number of nitrogens with one attached hydrogen (secondary N) is 1. The van der Waals surface area contributed by atoms with Crippen LogP contribution < -0.4 is 5.32 Å². The first-order valence-corrected chi connectivity index (χ1v) is 36.6. The van der Waals surface area contributed by atoms with Crippen molar-refractivity contribution in [2.75, 3.05) is 13.2 Å². The van der Waals surface area contributed by atoms with Crippen molar-refractivity contribution in [2.24, 2.45) is 0 Å². The fourth-order valence-electron chi connectivity index (χ4n) is 11.6. The van der Waals surface area contributed by atoms with E-state index in [1.54, 1.807) is 0 Å². The second kappa shape index (κ2) is 69.8. The number of carbonyl (C=O) groups excluding carboxylic acids is 2. The Labute approximate surface area is 501 Å². The van der Waals surface area contributed by atoms with Crippen LogP contribution in [0.3, 0.4) is 0 Å². The van der Waals surface area contributed by atoms with Crippen molar-refractivity contribution in [1.29, 1.82) is 0 Å². The van der Waals surface area contributed by atoms with Gasteiger partial charge in [0.15, 0.2) is 0 Å². The van der Waals surface area contributed by atoms with Crippen LogP contribution in [0.4, 0.5) is 0 Å². The molecule has 3 N–H and O–H groups in total. The number of ether oxygens (including phenoxy) is 1. The number of rotatable bonds is 69. The van der Waals surface area contributed by atoms with Crippen LogP contribution in [0, 0.1) is 0 Å². The van der Waals surface area contributed by atoms with E-state index in [1.165, 1.54) is 334 Å². The Morgan fingerprint density at radius 1 is 0.338 bits per heavy atom. The fourth-order valence-corrected chi connectivity index (χ4v) is 11.6. The van der Waals surface area contributed by atoms with Gasteiger partial charge >= 0.3 is 5.97 Å². The van der Waals surface area contributed by atoms with Gasteiger partial charge in [-0.1, -0.05) is 346 Å². The molecule has 0 aromatic heterocycles. The van der Waals surface area contributed by atoms with Crippen LogP contribution in [0.25, 0.3) is 0 Å². The third-order valence-corrected chi connectivity index (χ3v) is 17.2. The number of unbranched alkanes of at least 4 members (excludes halogenated alkanes) is 54. The van der Waals surface area contributed by atoms with E-state index in [0.717, 1.165) is 44.9 Å². The zero-order valence-electron chi connectivity index (χ0n) is 54.3. The zero-order chi connectivity index (χ0) is 57.8. The topological polar surface area (TPSA) is 95.9 Å². The minimum atomic E-state index is -0.665. The highest BCUT2D eigenvalue weighted by atomic mass is 16.5. The Hall–Kier alpha value is -1.66. The van der Waals surface area contributed by atoms with E-state index in [0.29, 0.717) is 25.9 Å². The minimum Gasteiger partial charge on any atom is -0.466 e. The van der Waals surface area contributed by atoms with Crippen molar-refractivity contribution < 1.29 is 24.5 Å². The number of aliphatic hydroxyl groups excluding tert-OH is 2. The summed E-state index contributed by atoms with van der Waals surface area (Å²) in [5.74, 6) is -0.0228. The molecule has 1 amide bonds. The maximum Gasteiger partial charge on any atom is 0.305 e. The normalized spacial score (nSPS) is 12.6. The van der Waals surface area contributed by atoms with Gasteiger partial charge in [-0.25, -0.2) is 0 Å². The van der Waals surface area contributed by atoms with E-state index in [9.17, 15) is 19.8 Å². The van der Waals surface area contributed by atoms with Gasteiger partial charge in [-0.3, -0.25) is 9.59 Å². The van der Waals surface area contributed by atoms with Gasteiger partial charge in [-0.2, -0.15) is 0 Å². The molecule has 0 saturated heterocycles. The molecule has 474 valence electrons. The molecule has 6 heteroatoms. The lowest BCUT2D eigenvalue weighted by Crippen LogP contribution is -2.45. The summed E-state index contributed by atoms with van der Waals surface area (Å²) in [6.45, 7) is 4.98. The van der Waals surface area contributed by atoms with Crippen molar-refractivity contribution in [1.82, 2.24) is 5.32 Å². The minimum absolute atomic E-state index is 0.00735.